The van der Waals surface area contributed by atoms with Crippen molar-refractivity contribution in [2.45, 2.75) is 33.0 Å². The first-order chi connectivity index (χ1) is 15.0. The second-order valence-corrected chi connectivity index (χ2v) is 11.0. The molecule has 6 nitrogen and oxygen atoms in total. The second-order valence-electron chi connectivity index (χ2n) is 7.96. The van der Waals surface area contributed by atoms with Crippen LogP contribution in [0, 0.1) is 3.57 Å². The smallest absolute Gasteiger partial charge is 0.326 e. The van der Waals surface area contributed by atoms with Crippen LogP contribution in [0.25, 0.3) is 6.08 Å². The molecule has 1 fully saturated rings. The molecule has 0 unspecified atom stereocenters. The van der Waals surface area contributed by atoms with E-state index in [1.165, 1.54) is 0 Å². The Bertz CT molecular complexity index is 1080. The zero-order valence-electron chi connectivity index (χ0n) is 17.7. The fourth-order valence-corrected chi connectivity index (χ4v) is 4.55. The molecule has 0 bridgehead atoms. The lowest BCUT2D eigenvalue weighted by Gasteiger charge is -2.21. The predicted octanol–water partition coefficient (Wildman–Crippen LogP) is 6.01. The average Bonchev–Trinajstić information content (AvgIpc) is 2.94. The highest BCUT2D eigenvalue weighted by molar-refractivity contribution is 14.1. The van der Waals surface area contributed by atoms with Gasteiger partial charge in [-0.25, -0.2) is 0 Å². The summed E-state index contributed by atoms with van der Waals surface area (Å²) in [4.78, 5) is 38.1. The Balaban J connectivity index is 1.66. The van der Waals surface area contributed by atoms with Crippen molar-refractivity contribution in [3.05, 3.63) is 66.5 Å². The summed E-state index contributed by atoms with van der Waals surface area (Å²) in [7, 11) is 0. The molecule has 0 N–H and O–H groups in total. The molecule has 2 aromatic carbocycles. The number of benzene rings is 2. The molecular formula is C23H21BrINO5S. The molecule has 0 atom stereocenters. The minimum Gasteiger partial charge on any atom is -0.488 e. The second kappa shape index (κ2) is 10.4. The van der Waals surface area contributed by atoms with Crippen LogP contribution in [0.5, 0.6) is 5.75 Å². The van der Waals surface area contributed by atoms with Gasteiger partial charge in [0.2, 0.25) is 0 Å². The molecule has 0 aromatic heterocycles. The molecule has 2 amide bonds. The van der Waals surface area contributed by atoms with Crippen molar-refractivity contribution in [3.63, 3.8) is 0 Å². The molecule has 3 rings (SSSR count). The maximum atomic E-state index is 12.6. The van der Waals surface area contributed by atoms with Crippen LogP contribution in [-0.4, -0.2) is 34.2 Å². The van der Waals surface area contributed by atoms with Gasteiger partial charge in [0, 0.05) is 4.47 Å². The van der Waals surface area contributed by atoms with Crippen molar-refractivity contribution in [3.8, 4) is 5.75 Å². The largest absolute Gasteiger partial charge is 0.488 e. The van der Waals surface area contributed by atoms with Gasteiger partial charge in [-0.2, -0.15) is 0 Å². The zero-order chi connectivity index (χ0) is 23.5. The van der Waals surface area contributed by atoms with Gasteiger partial charge in [0.25, 0.3) is 11.1 Å². The molecular weight excluding hydrogens is 609 g/mol. The molecule has 2 aromatic rings. The summed E-state index contributed by atoms with van der Waals surface area (Å²) in [6.45, 7) is 5.22. The third-order valence-corrected chi connectivity index (χ3v) is 6.42. The molecule has 0 spiro atoms. The van der Waals surface area contributed by atoms with Crippen LogP contribution in [0.1, 0.15) is 31.9 Å². The number of hydrogen-bond acceptors (Lipinski definition) is 6. The fraction of sp³-hybridized carbons (Fsp3) is 0.261. The van der Waals surface area contributed by atoms with E-state index in [9.17, 15) is 14.4 Å². The van der Waals surface area contributed by atoms with E-state index in [-0.39, 0.29) is 4.91 Å². The zero-order valence-corrected chi connectivity index (χ0v) is 22.2. The van der Waals surface area contributed by atoms with E-state index in [0.717, 1.165) is 41.6 Å². The van der Waals surface area contributed by atoms with Gasteiger partial charge < -0.3 is 9.47 Å². The number of hydrogen-bond donors (Lipinski definition) is 0. The number of esters is 1. The summed E-state index contributed by atoms with van der Waals surface area (Å²) in [5, 5.41) is -0.490. The van der Waals surface area contributed by atoms with Crippen molar-refractivity contribution in [2.75, 3.05) is 6.54 Å². The van der Waals surface area contributed by atoms with Gasteiger partial charge in [-0.1, -0.05) is 34.1 Å². The molecule has 1 aliphatic heterocycles. The van der Waals surface area contributed by atoms with Crippen LogP contribution in [-0.2, 0) is 20.9 Å². The van der Waals surface area contributed by atoms with Crippen LogP contribution in [0.4, 0.5) is 4.79 Å². The molecule has 0 radical (unpaired) electrons. The quantitative estimate of drug-likeness (QED) is 0.221. The first-order valence-electron chi connectivity index (χ1n) is 9.66. The molecule has 32 heavy (non-hydrogen) atoms. The number of halogens is 2. The number of ether oxygens (including phenoxy) is 2. The Morgan fingerprint density at radius 3 is 2.47 bits per heavy atom. The third-order valence-electron chi connectivity index (χ3n) is 4.14. The number of carbonyl (C=O) groups is 3. The van der Waals surface area contributed by atoms with Crippen molar-refractivity contribution in [2.24, 2.45) is 0 Å². The fourth-order valence-electron chi connectivity index (χ4n) is 2.76. The standard InChI is InChI=1S/C23H21BrINO5S/c1-23(2,3)31-20(27)12-26-21(28)19(32-22(26)29)11-15-6-9-18(17(25)10-15)30-13-14-4-7-16(24)8-5-14/h4-11H,12-13H2,1-3H3. The monoisotopic (exact) mass is 629 g/mol. The van der Waals surface area contributed by atoms with Gasteiger partial charge in [0.1, 0.15) is 24.5 Å². The van der Waals surface area contributed by atoms with E-state index in [4.69, 9.17) is 9.47 Å². The van der Waals surface area contributed by atoms with Gasteiger partial charge >= 0.3 is 5.97 Å². The molecule has 0 saturated carbocycles. The third kappa shape index (κ3) is 6.82. The number of rotatable bonds is 6. The molecule has 1 aliphatic rings. The summed E-state index contributed by atoms with van der Waals surface area (Å²) in [5.74, 6) is -0.400. The number of thioether (sulfide) groups is 1. The number of carbonyl (C=O) groups excluding carboxylic acids is 3. The number of amides is 2. The lowest BCUT2D eigenvalue weighted by Crippen LogP contribution is -2.37. The van der Waals surface area contributed by atoms with E-state index in [1.54, 1.807) is 26.8 Å². The molecule has 9 heteroatoms. The van der Waals surface area contributed by atoms with Gasteiger partial charge in [0.15, 0.2) is 0 Å². The Morgan fingerprint density at radius 2 is 1.84 bits per heavy atom. The van der Waals surface area contributed by atoms with Crippen LogP contribution in [0.3, 0.4) is 0 Å². The van der Waals surface area contributed by atoms with Crippen LogP contribution < -0.4 is 4.74 Å². The number of nitrogens with zero attached hydrogens (tertiary/aromatic N) is 1. The summed E-state index contributed by atoms with van der Waals surface area (Å²) in [5.41, 5.74) is 1.12. The maximum Gasteiger partial charge on any atom is 0.326 e. The Labute approximate surface area is 213 Å². The highest BCUT2D eigenvalue weighted by Crippen LogP contribution is 2.33. The Hall–Kier alpha value is -1.85. The van der Waals surface area contributed by atoms with E-state index in [1.807, 2.05) is 42.5 Å². The maximum absolute atomic E-state index is 12.6. The summed E-state index contributed by atoms with van der Waals surface area (Å²) < 4.78 is 13.0. The van der Waals surface area contributed by atoms with Gasteiger partial charge in [0.05, 0.1) is 8.48 Å². The van der Waals surface area contributed by atoms with Crippen LogP contribution in [0.2, 0.25) is 0 Å². The summed E-state index contributed by atoms with van der Waals surface area (Å²) in [6, 6.07) is 13.4. The molecule has 168 valence electrons. The minimum atomic E-state index is -0.688. The van der Waals surface area contributed by atoms with E-state index >= 15 is 0 Å². The minimum absolute atomic E-state index is 0.262. The average molecular weight is 630 g/mol. The van der Waals surface area contributed by atoms with Crippen molar-refractivity contribution in [1.29, 1.82) is 0 Å². The normalized spacial score (nSPS) is 15.4. The topological polar surface area (TPSA) is 72.9 Å². The Kier molecular flexibility index (Phi) is 8.05. The molecule has 1 heterocycles. The predicted molar refractivity (Wildman–Crippen MR) is 136 cm³/mol. The molecule has 0 aliphatic carbocycles. The first-order valence-corrected chi connectivity index (χ1v) is 12.3. The van der Waals surface area contributed by atoms with Gasteiger partial charge in [-0.05, 0) is 96.6 Å². The van der Waals surface area contributed by atoms with Crippen LogP contribution >= 0.6 is 50.3 Å². The lowest BCUT2D eigenvalue weighted by atomic mass is 10.2. The van der Waals surface area contributed by atoms with E-state index in [0.29, 0.717) is 6.61 Å². The van der Waals surface area contributed by atoms with Crippen molar-refractivity contribution in [1.82, 2.24) is 4.90 Å². The van der Waals surface area contributed by atoms with Gasteiger partial charge in [-0.15, -0.1) is 0 Å². The van der Waals surface area contributed by atoms with Crippen molar-refractivity contribution >= 4 is 73.5 Å². The summed E-state index contributed by atoms with van der Waals surface area (Å²) >= 11 is 6.39. The highest BCUT2D eigenvalue weighted by atomic mass is 127. The van der Waals surface area contributed by atoms with E-state index < -0.39 is 29.3 Å². The highest BCUT2D eigenvalue weighted by Gasteiger charge is 2.37. The van der Waals surface area contributed by atoms with Crippen LogP contribution in [0.15, 0.2) is 51.8 Å². The van der Waals surface area contributed by atoms with Gasteiger partial charge in [-0.3, -0.25) is 19.3 Å². The Morgan fingerprint density at radius 1 is 1.16 bits per heavy atom. The summed E-state index contributed by atoms with van der Waals surface area (Å²) in [6.07, 6.45) is 1.64. The molecule has 1 saturated heterocycles. The van der Waals surface area contributed by atoms with Crippen molar-refractivity contribution < 1.29 is 23.9 Å². The van der Waals surface area contributed by atoms with E-state index in [2.05, 4.69) is 38.5 Å². The number of imide groups is 1. The SMILES string of the molecule is CC(C)(C)OC(=O)CN1C(=O)SC(=Cc2ccc(OCc3ccc(Br)cc3)c(I)c2)C1=O. The lowest BCUT2D eigenvalue weighted by molar-refractivity contribution is -0.156. The first kappa shape index (κ1) is 24.8.